The van der Waals surface area contributed by atoms with Crippen molar-refractivity contribution < 1.29 is 5.11 Å². The summed E-state index contributed by atoms with van der Waals surface area (Å²) in [5.41, 5.74) is 1.09. The van der Waals surface area contributed by atoms with Gasteiger partial charge in [0.2, 0.25) is 0 Å². The number of aromatic amines is 1. The molecule has 20 heavy (non-hydrogen) atoms. The molecule has 2 heterocycles. The summed E-state index contributed by atoms with van der Waals surface area (Å²) >= 11 is 6.09. The van der Waals surface area contributed by atoms with Crippen molar-refractivity contribution in [2.24, 2.45) is 0 Å². The molecule has 1 aromatic carbocycles. The van der Waals surface area contributed by atoms with Crippen LogP contribution < -0.4 is 5.56 Å². The second-order valence-corrected chi connectivity index (χ2v) is 4.73. The summed E-state index contributed by atoms with van der Waals surface area (Å²) in [5.74, 6) is 0.416. The van der Waals surface area contributed by atoms with Crippen LogP contribution in [-0.4, -0.2) is 31.5 Å². The fourth-order valence-corrected chi connectivity index (χ4v) is 2.28. The maximum Gasteiger partial charge on any atom is 0.251 e. The van der Waals surface area contributed by atoms with Crippen LogP contribution >= 0.6 is 11.6 Å². The Morgan fingerprint density at radius 3 is 3.00 bits per heavy atom. The SMILES string of the molecule is O=c1ccnc(-c2cc(Cl)cc3cn(CCO)nc23)[nH]1. The zero-order chi connectivity index (χ0) is 14.1. The number of nitrogens with one attached hydrogen (secondary N) is 1. The lowest BCUT2D eigenvalue weighted by molar-refractivity contribution is 0.270. The van der Waals surface area contributed by atoms with E-state index in [-0.39, 0.29) is 12.2 Å². The Kier molecular flexibility index (Phi) is 3.25. The van der Waals surface area contributed by atoms with Crippen LogP contribution in [0.4, 0.5) is 0 Å². The van der Waals surface area contributed by atoms with Crippen LogP contribution in [0.1, 0.15) is 0 Å². The molecule has 0 bridgehead atoms. The zero-order valence-electron chi connectivity index (χ0n) is 10.4. The van der Waals surface area contributed by atoms with E-state index in [2.05, 4.69) is 15.1 Å². The van der Waals surface area contributed by atoms with Crippen molar-refractivity contribution in [1.29, 1.82) is 0 Å². The number of aromatic nitrogens is 4. The van der Waals surface area contributed by atoms with E-state index in [1.165, 1.54) is 12.3 Å². The minimum Gasteiger partial charge on any atom is -0.394 e. The van der Waals surface area contributed by atoms with Crippen molar-refractivity contribution in [2.45, 2.75) is 6.54 Å². The maximum atomic E-state index is 11.4. The lowest BCUT2D eigenvalue weighted by Gasteiger charge is -2.02. The minimum atomic E-state index is -0.238. The molecule has 0 amide bonds. The Morgan fingerprint density at radius 1 is 1.40 bits per heavy atom. The number of aliphatic hydroxyl groups excluding tert-OH is 1. The van der Waals surface area contributed by atoms with E-state index in [0.29, 0.717) is 28.5 Å². The first-order valence-electron chi connectivity index (χ1n) is 6.00. The molecule has 0 saturated carbocycles. The number of nitrogens with zero attached hydrogens (tertiary/aromatic N) is 3. The van der Waals surface area contributed by atoms with Crippen LogP contribution in [0.25, 0.3) is 22.3 Å². The summed E-state index contributed by atoms with van der Waals surface area (Å²) in [6.07, 6.45) is 3.23. The molecular formula is C13H11ClN4O2. The topological polar surface area (TPSA) is 83.8 Å². The van der Waals surface area contributed by atoms with Crippen molar-refractivity contribution in [3.05, 3.63) is 46.0 Å². The van der Waals surface area contributed by atoms with Gasteiger partial charge in [-0.05, 0) is 12.1 Å². The zero-order valence-corrected chi connectivity index (χ0v) is 11.1. The van der Waals surface area contributed by atoms with E-state index in [1.54, 1.807) is 23.0 Å². The second-order valence-electron chi connectivity index (χ2n) is 4.29. The molecule has 7 heteroatoms. The standard InChI is InChI=1S/C13H11ClN4O2/c14-9-5-8-7-18(3-4-19)17-12(8)10(6-9)13-15-2-1-11(20)16-13/h1-2,5-7,19H,3-4H2,(H,15,16,20). The molecule has 0 aliphatic carbocycles. The monoisotopic (exact) mass is 290 g/mol. The molecule has 0 radical (unpaired) electrons. The molecule has 102 valence electrons. The number of aliphatic hydroxyl groups is 1. The van der Waals surface area contributed by atoms with Gasteiger partial charge in [-0.1, -0.05) is 11.6 Å². The summed E-state index contributed by atoms with van der Waals surface area (Å²) < 4.78 is 1.63. The van der Waals surface area contributed by atoms with Crippen molar-refractivity contribution in [1.82, 2.24) is 19.7 Å². The first-order valence-corrected chi connectivity index (χ1v) is 6.38. The number of benzene rings is 1. The molecule has 0 fully saturated rings. The molecule has 3 aromatic rings. The molecule has 0 atom stereocenters. The largest absolute Gasteiger partial charge is 0.394 e. The van der Waals surface area contributed by atoms with Crippen LogP contribution in [0.5, 0.6) is 0 Å². The normalized spacial score (nSPS) is 11.1. The van der Waals surface area contributed by atoms with Gasteiger partial charge in [0.1, 0.15) is 11.3 Å². The number of H-pyrrole nitrogens is 1. The van der Waals surface area contributed by atoms with Crippen LogP contribution in [0, 0.1) is 0 Å². The fourth-order valence-electron chi connectivity index (χ4n) is 2.05. The smallest absolute Gasteiger partial charge is 0.251 e. The van der Waals surface area contributed by atoms with E-state index in [9.17, 15) is 4.79 Å². The molecule has 0 spiro atoms. The van der Waals surface area contributed by atoms with Gasteiger partial charge in [0.25, 0.3) is 5.56 Å². The molecule has 0 saturated heterocycles. The summed E-state index contributed by atoms with van der Waals surface area (Å²) in [6.45, 7) is 0.391. The third-order valence-corrected chi connectivity index (χ3v) is 3.09. The van der Waals surface area contributed by atoms with Gasteiger partial charge in [-0.3, -0.25) is 9.48 Å². The molecule has 2 aromatic heterocycles. The lowest BCUT2D eigenvalue weighted by atomic mass is 10.1. The predicted octanol–water partition coefficient (Wildman–Crippen LogP) is 1.43. The molecular weight excluding hydrogens is 280 g/mol. The van der Waals surface area contributed by atoms with E-state index >= 15 is 0 Å². The van der Waals surface area contributed by atoms with Crippen molar-refractivity contribution >= 4 is 22.5 Å². The van der Waals surface area contributed by atoms with Gasteiger partial charge >= 0.3 is 0 Å². The van der Waals surface area contributed by atoms with E-state index in [0.717, 1.165) is 5.39 Å². The van der Waals surface area contributed by atoms with Gasteiger partial charge in [-0.15, -0.1) is 0 Å². The van der Waals surface area contributed by atoms with Crippen LogP contribution in [0.3, 0.4) is 0 Å². The number of fused-ring (bicyclic) bond motifs is 1. The van der Waals surface area contributed by atoms with Gasteiger partial charge in [0, 0.05) is 34.4 Å². The third kappa shape index (κ3) is 2.31. The van der Waals surface area contributed by atoms with E-state index in [4.69, 9.17) is 16.7 Å². The Labute approximate surface area is 118 Å². The highest BCUT2D eigenvalue weighted by molar-refractivity contribution is 6.31. The Hall–Kier alpha value is -2.18. The van der Waals surface area contributed by atoms with Gasteiger partial charge < -0.3 is 10.1 Å². The average Bonchev–Trinajstić information content (AvgIpc) is 2.80. The highest BCUT2D eigenvalue weighted by Gasteiger charge is 2.11. The first-order chi connectivity index (χ1) is 9.67. The average molecular weight is 291 g/mol. The summed E-state index contributed by atoms with van der Waals surface area (Å²) in [7, 11) is 0. The molecule has 0 unspecified atom stereocenters. The van der Waals surface area contributed by atoms with E-state index in [1.807, 2.05) is 0 Å². The molecule has 6 nitrogen and oxygen atoms in total. The summed E-state index contributed by atoms with van der Waals surface area (Å²) in [5, 5.41) is 14.7. The predicted molar refractivity (Wildman–Crippen MR) is 75.7 cm³/mol. The number of hydrogen-bond donors (Lipinski definition) is 2. The highest BCUT2D eigenvalue weighted by atomic mass is 35.5. The molecule has 3 rings (SSSR count). The first kappa shape index (κ1) is 12.8. The highest BCUT2D eigenvalue weighted by Crippen LogP contribution is 2.28. The number of hydrogen-bond acceptors (Lipinski definition) is 4. The maximum absolute atomic E-state index is 11.4. The van der Waals surface area contributed by atoms with Crippen molar-refractivity contribution in [3.63, 3.8) is 0 Å². The van der Waals surface area contributed by atoms with Crippen LogP contribution in [0.2, 0.25) is 5.02 Å². The minimum absolute atomic E-state index is 0.00251. The van der Waals surface area contributed by atoms with Crippen LogP contribution in [-0.2, 0) is 6.54 Å². The lowest BCUT2D eigenvalue weighted by Crippen LogP contribution is -2.06. The van der Waals surface area contributed by atoms with Crippen molar-refractivity contribution in [3.8, 4) is 11.4 Å². The quantitative estimate of drug-likeness (QED) is 0.764. The number of rotatable bonds is 3. The molecule has 0 aliphatic heterocycles. The fraction of sp³-hybridized carbons (Fsp3) is 0.154. The van der Waals surface area contributed by atoms with Gasteiger partial charge in [0.05, 0.1) is 13.2 Å². The van der Waals surface area contributed by atoms with E-state index < -0.39 is 0 Å². The van der Waals surface area contributed by atoms with Crippen molar-refractivity contribution in [2.75, 3.05) is 6.61 Å². The van der Waals surface area contributed by atoms with Gasteiger partial charge in [-0.2, -0.15) is 5.10 Å². The second kappa shape index (κ2) is 5.07. The Balaban J connectivity index is 2.26. The van der Waals surface area contributed by atoms with Gasteiger partial charge in [-0.25, -0.2) is 4.98 Å². The number of halogens is 1. The third-order valence-electron chi connectivity index (χ3n) is 2.88. The Bertz CT molecular complexity index is 825. The molecule has 2 N–H and O–H groups in total. The summed E-state index contributed by atoms with van der Waals surface area (Å²) in [6, 6.07) is 4.83. The molecule has 0 aliphatic rings. The van der Waals surface area contributed by atoms with Gasteiger partial charge in [0.15, 0.2) is 0 Å². The summed E-state index contributed by atoms with van der Waals surface area (Å²) in [4.78, 5) is 18.2. The van der Waals surface area contributed by atoms with Crippen LogP contribution in [0.15, 0.2) is 35.4 Å². The Morgan fingerprint density at radius 2 is 2.25 bits per heavy atom.